The molecule has 2 atom stereocenters. The monoisotopic (exact) mass is 388 g/mol. The summed E-state index contributed by atoms with van der Waals surface area (Å²) in [5.41, 5.74) is 0.891. The van der Waals surface area contributed by atoms with E-state index in [0.717, 1.165) is 48.9 Å². The van der Waals surface area contributed by atoms with Crippen LogP contribution >= 0.6 is 11.3 Å². The van der Waals surface area contributed by atoms with Crippen LogP contribution in [0.3, 0.4) is 0 Å². The molecule has 2 aromatic rings. The zero-order valence-corrected chi connectivity index (χ0v) is 16.2. The molecule has 2 N–H and O–H groups in total. The molecule has 0 aromatic carbocycles. The number of urea groups is 1. The lowest BCUT2D eigenvalue weighted by atomic mass is 9.86. The van der Waals surface area contributed by atoms with Crippen molar-refractivity contribution < 1.29 is 9.59 Å². The Bertz CT molecular complexity index is 948. The molecule has 0 unspecified atom stereocenters. The van der Waals surface area contributed by atoms with Gasteiger partial charge in [-0.05, 0) is 43.6 Å². The van der Waals surface area contributed by atoms with Gasteiger partial charge in [-0.1, -0.05) is 19.8 Å². The van der Waals surface area contributed by atoms with Gasteiger partial charge in [-0.25, -0.2) is 9.78 Å². The molecule has 3 amide bonds. The number of thiophene rings is 1. The van der Waals surface area contributed by atoms with E-state index in [-0.39, 0.29) is 18.1 Å². The fraction of sp³-hybridized carbons (Fsp3) is 0.579. The van der Waals surface area contributed by atoms with E-state index in [1.807, 2.05) is 0 Å². The number of amides is 3. The quantitative estimate of drug-likeness (QED) is 0.844. The van der Waals surface area contributed by atoms with Crippen LogP contribution in [-0.4, -0.2) is 27.5 Å². The van der Waals surface area contributed by atoms with Crippen LogP contribution in [0.15, 0.2) is 11.1 Å². The van der Waals surface area contributed by atoms with E-state index in [2.05, 4.69) is 22.5 Å². The SMILES string of the molecule is C[C@@H]1CCCC[C@@H]1NC(=O)NC(=O)Cn1cnc2sc3c(c2c1=O)CCC3. The number of hydrogen-bond acceptors (Lipinski definition) is 5. The van der Waals surface area contributed by atoms with Gasteiger partial charge >= 0.3 is 6.03 Å². The Morgan fingerprint density at radius 2 is 2.07 bits per heavy atom. The zero-order chi connectivity index (χ0) is 19.0. The Balaban J connectivity index is 1.43. The molecule has 0 aliphatic heterocycles. The van der Waals surface area contributed by atoms with E-state index < -0.39 is 11.9 Å². The lowest BCUT2D eigenvalue weighted by molar-refractivity contribution is -0.120. The van der Waals surface area contributed by atoms with Crippen molar-refractivity contribution in [3.63, 3.8) is 0 Å². The first-order valence-electron chi connectivity index (χ1n) is 9.63. The van der Waals surface area contributed by atoms with Gasteiger partial charge in [-0.2, -0.15) is 0 Å². The van der Waals surface area contributed by atoms with Gasteiger partial charge in [-0.15, -0.1) is 11.3 Å². The molecule has 2 aliphatic rings. The van der Waals surface area contributed by atoms with Gasteiger partial charge in [0.25, 0.3) is 5.56 Å². The van der Waals surface area contributed by atoms with Crippen LogP contribution in [-0.2, 0) is 24.2 Å². The first-order valence-corrected chi connectivity index (χ1v) is 10.4. The summed E-state index contributed by atoms with van der Waals surface area (Å²) in [7, 11) is 0. The number of aromatic nitrogens is 2. The molecule has 2 aromatic heterocycles. The van der Waals surface area contributed by atoms with Gasteiger partial charge in [-0.3, -0.25) is 19.5 Å². The van der Waals surface area contributed by atoms with Crippen molar-refractivity contribution in [1.82, 2.24) is 20.2 Å². The standard InChI is InChI=1S/C19H24N4O3S/c1-11-5-2-3-7-13(11)21-19(26)22-15(24)9-23-10-20-17-16(18(23)25)12-6-4-8-14(12)27-17/h10-11,13H,2-9H2,1H3,(H2,21,22,24,26)/t11-,13+/m1/s1. The summed E-state index contributed by atoms with van der Waals surface area (Å²) in [4.78, 5) is 43.5. The number of aryl methyl sites for hydroxylation is 2. The van der Waals surface area contributed by atoms with E-state index in [1.54, 1.807) is 11.3 Å². The van der Waals surface area contributed by atoms with Gasteiger partial charge in [0.1, 0.15) is 11.4 Å². The summed E-state index contributed by atoms with van der Waals surface area (Å²) < 4.78 is 1.29. The van der Waals surface area contributed by atoms with Crippen molar-refractivity contribution in [2.45, 2.75) is 64.5 Å². The highest BCUT2D eigenvalue weighted by molar-refractivity contribution is 7.18. The molecule has 4 rings (SSSR count). The molecule has 0 radical (unpaired) electrons. The molecule has 2 aliphatic carbocycles. The smallest absolute Gasteiger partial charge is 0.321 e. The van der Waals surface area contributed by atoms with Gasteiger partial charge in [0.2, 0.25) is 5.91 Å². The molecule has 0 spiro atoms. The highest BCUT2D eigenvalue weighted by Gasteiger charge is 2.24. The van der Waals surface area contributed by atoms with Gasteiger partial charge in [0.05, 0.1) is 11.7 Å². The Kier molecular flexibility index (Phi) is 4.99. The number of hydrogen-bond donors (Lipinski definition) is 2. The molecule has 1 saturated carbocycles. The molecule has 7 nitrogen and oxygen atoms in total. The fourth-order valence-electron chi connectivity index (χ4n) is 4.19. The fourth-order valence-corrected chi connectivity index (χ4v) is 5.41. The molecule has 144 valence electrons. The van der Waals surface area contributed by atoms with Crippen molar-refractivity contribution in [3.05, 3.63) is 27.1 Å². The minimum atomic E-state index is -0.508. The Hall–Kier alpha value is -2.22. The highest BCUT2D eigenvalue weighted by atomic mass is 32.1. The Morgan fingerprint density at radius 3 is 2.89 bits per heavy atom. The second-order valence-corrected chi connectivity index (χ2v) is 8.69. The van der Waals surface area contributed by atoms with E-state index >= 15 is 0 Å². The molecule has 27 heavy (non-hydrogen) atoms. The predicted octanol–water partition coefficient (Wildman–Crippen LogP) is 2.35. The maximum atomic E-state index is 12.8. The largest absolute Gasteiger partial charge is 0.335 e. The molecular weight excluding hydrogens is 364 g/mol. The minimum Gasteiger partial charge on any atom is -0.335 e. The van der Waals surface area contributed by atoms with Gasteiger partial charge in [0, 0.05) is 10.9 Å². The van der Waals surface area contributed by atoms with Crippen LogP contribution in [0, 0.1) is 5.92 Å². The summed E-state index contributed by atoms with van der Waals surface area (Å²) in [5.74, 6) is -0.0967. The number of carbonyl (C=O) groups excluding carboxylic acids is 2. The van der Waals surface area contributed by atoms with Crippen LogP contribution in [0.5, 0.6) is 0 Å². The number of carbonyl (C=O) groups is 2. The Labute approximate surface area is 161 Å². The Morgan fingerprint density at radius 1 is 1.26 bits per heavy atom. The van der Waals surface area contributed by atoms with E-state index in [4.69, 9.17) is 0 Å². The highest BCUT2D eigenvalue weighted by Crippen LogP contribution is 2.34. The van der Waals surface area contributed by atoms with Crippen LogP contribution < -0.4 is 16.2 Å². The number of nitrogens with zero attached hydrogens (tertiary/aromatic N) is 2. The van der Waals surface area contributed by atoms with Crippen molar-refractivity contribution in [1.29, 1.82) is 0 Å². The van der Waals surface area contributed by atoms with Gasteiger partial charge < -0.3 is 5.32 Å². The summed E-state index contributed by atoms with van der Waals surface area (Å²) in [5, 5.41) is 5.87. The lowest BCUT2D eigenvalue weighted by Gasteiger charge is -2.29. The summed E-state index contributed by atoms with van der Waals surface area (Å²) in [6, 6.07) is -0.391. The topological polar surface area (TPSA) is 93.1 Å². The predicted molar refractivity (Wildman–Crippen MR) is 104 cm³/mol. The second-order valence-electron chi connectivity index (χ2n) is 7.60. The van der Waals surface area contributed by atoms with Gasteiger partial charge in [0.15, 0.2) is 0 Å². The number of rotatable bonds is 3. The number of nitrogens with one attached hydrogen (secondary N) is 2. The number of fused-ring (bicyclic) bond motifs is 3. The average Bonchev–Trinajstić information content (AvgIpc) is 3.20. The molecular formula is C19H24N4O3S. The lowest BCUT2D eigenvalue weighted by Crippen LogP contribution is -2.48. The minimum absolute atomic E-state index is 0.0979. The molecule has 2 heterocycles. The maximum Gasteiger partial charge on any atom is 0.321 e. The second kappa shape index (κ2) is 7.42. The molecule has 8 heteroatoms. The van der Waals surface area contributed by atoms with Crippen molar-refractivity contribution >= 4 is 33.5 Å². The zero-order valence-electron chi connectivity index (χ0n) is 15.4. The maximum absolute atomic E-state index is 12.8. The average molecular weight is 388 g/mol. The first-order chi connectivity index (χ1) is 13.0. The van der Waals surface area contributed by atoms with Crippen LogP contribution in [0.4, 0.5) is 4.79 Å². The third-order valence-corrected chi connectivity index (χ3v) is 6.89. The summed E-state index contributed by atoms with van der Waals surface area (Å²) in [6.45, 7) is 1.91. The van der Waals surface area contributed by atoms with E-state index in [0.29, 0.717) is 11.3 Å². The third kappa shape index (κ3) is 3.63. The van der Waals surface area contributed by atoms with Crippen LogP contribution in [0.1, 0.15) is 49.5 Å². The molecule has 0 bridgehead atoms. The van der Waals surface area contributed by atoms with E-state index in [1.165, 1.54) is 22.2 Å². The summed E-state index contributed by atoms with van der Waals surface area (Å²) >= 11 is 1.57. The molecule has 0 saturated heterocycles. The third-order valence-electron chi connectivity index (χ3n) is 5.69. The van der Waals surface area contributed by atoms with Crippen molar-refractivity contribution in [2.24, 2.45) is 5.92 Å². The molecule has 1 fully saturated rings. The van der Waals surface area contributed by atoms with Crippen LogP contribution in [0.2, 0.25) is 0 Å². The van der Waals surface area contributed by atoms with Crippen molar-refractivity contribution in [3.8, 4) is 0 Å². The van der Waals surface area contributed by atoms with Crippen LogP contribution in [0.25, 0.3) is 10.2 Å². The van der Waals surface area contributed by atoms with E-state index in [9.17, 15) is 14.4 Å². The number of imide groups is 1. The van der Waals surface area contributed by atoms with Crippen molar-refractivity contribution in [2.75, 3.05) is 0 Å². The normalized spacial score (nSPS) is 21.8. The first kappa shape index (κ1) is 18.2. The summed E-state index contributed by atoms with van der Waals surface area (Å²) in [6.07, 6.45) is 8.65.